The van der Waals surface area contributed by atoms with Crippen molar-refractivity contribution in [2.24, 2.45) is 5.14 Å². The predicted molar refractivity (Wildman–Crippen MR) is 115 cm³/mol. The maximum Gasteiger partial charge on any atom is 0.259 e. The second-order valence-electron chi connectivity index (χ2n) is 7.29. The van der Waals surface area contributed by atoms with E-state index in [2.05, 4.69) is 15.5 Å². The van der Waals surface area contributed by atoms with Gasteiger partial charge in [0.15, 0.2) is 0 Å². The molecule has 1 aromatic carbocycles. The van der Waals surface area contributed by atoms with Gasteiger partial charge >= 0.3 is 0 Å². The highest BCUT2D eigenvalue weighted by Gasteiger charge is 2.21. The van der Waals surface area contributed by atoms with E-state index in [1.54, 1.807) is 37.3 Å². The molecule has 1 amide bonds. The summed E-state index contributed by atoms with van der Waals surface area (Å²) in [4.78, 5) is 17.6. The smallest absolute Gasteiger partial charge is 0.259 e. The van der Waals surface area contributed by atoms with E-state index in [1.165, 1.54) is 0 Å². The Morgan fingerprint density at radius 2 is 1.84 bits per heavy atom. The third-order valence-electron chi connectivity index (χ3n) is 4.76. The van der Waals surface area contributed by atoms with Crippen LogP contribution >= 0.6 is 0 Å². The fourth-order valence-electron chi connectivity index (χ4n) is 3.41. The van der Waals surface area contributed by atoms with Gasteiger partial charge in [0, 0.05) is 11.3 Å². The minimum atomic E-state index is -3.63. The molecule has 0 saturated heterocycles. The number of amides is 1. The molecule has 4 aromatic rings. The van der Waals surface area contributed by atoms with Crippen molar-refractivity contribution in [1.82, 2.24) is 10.1 Å². The third kappa shape index (κ3) is 4.35. The number of rotatable bonds is 5. The number of aryl methyl sites for hydroxylation is 3. The predicted octanol–water partition coefficient (Wildman–Crippen LogP) is 3.45. The highest BCUT2D eigenvalue weighted by Crippen LogP contribution is 2.30. The van der Waals surface area contributed by atoms with Crippen molar-refractivity contribution in [2.45, 2.75) is 26.5 Å². The number of furan rings is 1. The lowest BCUT2D eigenvalue weighted by atomic mass is 10.1. The van der Waals surface area contributed by atoms with Gasteiger partial charge in [0.25, 0.3) is 11.6 Å². The number of benzene rings is 1. The Bertz CT molecular complexity index is 1400. The van der Waals surface area contributed by atoms with Crippen LogP contribution < -0.4 is 10.5 Å². The average Bonchev–Trinajstić information content (AvgIpc) is 3.23. The molecule has 31 heavy (non-hydrogen) atoms. The zero-order valence-corrected chi connectivity index (χ0v) is 17.9. The summed E-state index contributed by atoms with van der Waals surface area (Å²) in [5.41, 5.74) is 3.46. The Kier molecular flexibility index (Phi) is 5.11. The van der Waals surface area contributed by atoms with Crippen molar-refractivity contribution in [3.05, 3.63) is 64.7 Å². The van der Waals surface area contributed by atoms with Gasteiger partial charge in [-0.3, -0.25) is 4.79 Å². The number of primary sulfonamides is 1. The number of fused-ring (bicyclic) bond motifs is 1. The van der Waals surface area contributed by atoms with Gasteiger partial charge in [-0.05, 0) is 50.6 Å². The summed E-state index contributed by atoms with van der Waals surface area (Å²) in [6, 6.07) is 9.93. The van der Waals surface area contributed by atoms with Crippen LogP contribution in [0.3, 0.4) is 0 Å². The first kappa shape index (κ1) is 20.8. The van der Waals surface area contributed by atoms with Gasteiger partial charge in [0.1, 0.15) is 11.5 Å². The van der Waals surface area contributed by atoms with E-state index in [4.69, 9.17) is 14.1 Å². The summed E-state index contributed by atoms with van der Waals surface area (Å²) in [6.45, 7) is 5.39. The maximum atomic E-state index is 13.1. The standard InChI is InChI=1S/C21H20N4O5S/c1-11-8-16(13(3)29-11)18-9-17(19-12(2)25-30-21(19)24-18)20(26)23-15-6-4-14(5-7-15)10-31(22,27)28/h4-9H,10H2,1-3H3,(H,23,26)(H2,22,27,28). The molecule has 0 fully saturated rings. The lowest BCUT2D eigenvalue weighted by Gasteiger charge is -2.09. The normalized spacial score (nSPS) is 11.7. The van der Waals surface area contributed by atoms with Crippen LogP contribution in [-0.2, 0) is 15.8 Å². The maximum absolute atomic E-state index is 13.1. The van der Waals surface area contributed by atoms with E-state index < -0.39 is 10.0 Å². The van der Waals surface area contributed by atoms with Crippen molar-refractivity contribution in [1.29, 1.82) is 0 Å². The summed E-state index contributed by atoms with van der Waals surface area (Å²) < 4.78 is 33.4. The number of sulfonamides is 1. The Labute approximate surface area is 178 Å². The summed E-state index contributed by atoms with van der Waals surface area (Å²) in [5.74, 6) is 0.752. The largest absolute Gasteiger partial charge is 0.466 e. The molecule has 0 aliphatic heterocycles. The second kappa shape index (κ2) is 7.64. The first-order valence-corrected chi connectivity index (χ1v) is 11.1. The number of carbonyl (C=O) groups is 1. The number of anilines is 1. The summed E-state index contributed by atoms with van der Waals surface area (Å²) >= 11 is 0. The van der Waals surface area contributed by atoms with Crippen molar-refractivity contribution in [2.75, 3.05) is 5.32 Å². The van der Waals surface area contributed by atoms with Crippen molar-refractivity contribution >= 4 is 32.7 Å². The molecular formula is C21H20N4O5S. The molecule has 0 saturated carbocycles. The van der Waals surface area contributed by atoms with Crippen LogP contribution in [-0.4, -0.2) is 24.5 Å². The molecule has 0 unspecified atom stereocenters. The Morgan fingerprint density at radius 1 is 1.13 bits per heavy atom. The van der Waals surface area contributed by atoms with Crippen LogP contribution in [0.25, 0.3) is 22.4 Å². The molecule has 0 atom stereocenters. The highest BCUT2D eigenvalue weighted by atomic mass is 32.2. The first-order chi connectivity index (χ1) is 14.6. The lowest BCUT2D eigenvalue weighted by molar-refractivity contribution is 0.102. The molecule has 0 aliphatic rings. The van der Waals surface area contributed by atoms with Gasteiger partial charge in [0.05, 0.1) is 28.1 Å². The Hall–Kier alpha value is -3.50. The molecule has 0 radical (unpaired) electrons. The number of pyridine rings is 1. The molecule has 3 N–H and O–H groups in total. The number of hydrogen-bond acceptors (Lipinski definition) is 7. The zero-order valence-electron chi connectivity index (χ0n) is 17.1. The molecule has 0 bridgehead atoms. The molecule has 3 heterocycles. The molecule has 9 nitrogen and oxygen atoms in total. The lowest BCUT2D eigenvalue weighted by Crippen LogP contribution is -2.15. The molecule has 160 valence electrons. The summed E-state index contributed by atoms with van der Waals surface area (Å²) in [5, 5.41) is 12.3. The number of hydrogen-bond donors (Lipinski definition) is 2. The van der Waals surface area contributed by atoms with Crippen LogP contribution in [0.2, 0.25) is 0 Å². The van der Waals surface area contributed by atoms with Gasteiger partial charge < -0.3 is 14.3 Å². The van der Waals surface area contributed by atoms with Gasteiger partial charge in [-0.2, -0.15) is 0 Å². The van der Waals surface area contributed by atoms with E-state index in [1.807, 2.05) is 19.9 Å². The average molecular weight is 440 g/mol. The van der Waals surface area contributed by atoms with Crippen LogP contribution in [0.15, 0.2) is 45.3 Å². The Morgan fingerprint density at radius 3 is 2.45 bits per heavy atom. The molecule has 4 rings (SSSR count). The van der Waals surface area contributed by atoms with E-state index >= 15 is 0 Å². The van der Waals surface area contributed by atoms with Crippen LogP contribution in [0, 0.1) is 20.8 Å². The molecule has 0 spiro atoms. The minimum absolute atomic E-state index is 0.252. The number of nitrogens with two attached hydrogens (primary N) is 1. The molecule has 0 aliphatic carbocycles. The van der Waals surface area contributed by atoms with Crippen molar-refractivity contribution < 1.29 is 22.2 Å². The van der Waals surface area contributed by atoms with Gasteiger partial charge in [-0.25, -0.2) is 18.5 Å². The number of nitrogens with zero attached hydrogens (tertiary/aromatic N) is 2. The Balaban J connectivity index is 1.70. The molecular weight excluding hydrogens is 420 g/mol. The quantitative estimate of drug-likeness (QED) is 0.484. The SMILES string of the molecule is Cc1cc(-c2cc(C(=O)Nc3ccc(CS(N)(=O)=O)cc3)c3c(C)noc3n2)c(C)o1. The van der Waals surface area contributed by atoms with E-state index in [-0.39, 0.29) is 17.4 Å². The second-order valence-corrected chi connectivity index (χ2v) is 8.90. The van der Waals surface area contributed by atoms with Crippen LogP contribution in [0.4, 0.5) is 5.69 Å². The van der Waals surface area contributed by atoms with E-state index in [0.717, 1.165) is 11.3 Å². The van der Waals surface area contributed by atoms with Crippen LogP contribution in [0.5, 0.6) is 0 Å². The van der Waals surface area contributed by atoms with Crippen molar-refractivity contribution in [3.8, 4) is 11.3 Å². The molecule has 10 heteroatoms. The fraction of sp³-hybridized carbons (Fsp3) is 0.190. The van der Waals surface area contributed by atoms with Gasteiger partial charge in [-0.15, -0.1) is 0 Å². The van der Waals surface area contributed by atoms with E-state index in [9.17, 15) is 13.2 Å². The fourth-order valence-corrected chi connectivity index (χ4v) is 4.07. The summed E-state index contributed by atoms with van der Waals surface area (Å²) in [7, 11) is -3.63. The number of nitrogens with one attached hydrogen (secondary N) is 1. The first-order valence-electron chi connectivity index (χ1n) is 9.36. The van der Waals surface area contributed by atoms with Gasteiger partial charge in [0.2, 0.25) is 10.0 Å². The summed E-state index contributed by atoms with van der Waals surface area (Å²) in [6.07, 6.45) is 0. The monoisotopic (exact) mass is 440 g/mol. The molecule has 3 aromatic heterocycles. The minimum Gasteiger partial charge on any atom is -0.466 e. The number of carbonyl (C=O) groups excluding carboxylic acids is 1. The van der Waals surface area contributed by atoms with Crippen LogP contribution in [0.1, 0.15) is 33.1 Å². The highest BCUT2D eigenvalue weighted by molar-refractivity contribution is 7.88. The number of aromatic nitrogens is 2. The zero-order chi connectivity index (χ0) is 22.3. The van der Waals surface area contributed by atoms with Gasteiger partial charge in [-0.1, -0.05) is 17.3 Å². The third-order valence-corrected chi connectivity index (χ3v) is 5.49. The van der Waals surface area contributed by atoms with E-state index in [0.29, 0.717) is 39.3 Å². The topological polar surface area (TPSA) is 141 Å². The van der Waals surface area contributed by atoms with Crippen molar-refractivity contribution in [3.63, 3.8) is 0 Å².